The van der Waals surface area contributed by atoms with E-state index in [2.05, 4.69) is 23.5 Å². The maximum Gasteiger partial charge on any atom is 0.277 e. The van der Waals surface area contributed by atoms with Gasteiger partial charge in [0.15, 0.2) is 13.1 Å². The summed E-state index contributed by atoms with van der Waals surface area (Å²) in [7, 11) is 1.90. The zero-order valence-electron chi connectivity index (χ0n) is 15.1. The molecule has 24 heavy (non-hydrogen) atoms. The molecule has 0 saturated carbocycles. The Kier molecular flexibility index (Phi) is 6.79. The molecular formula is C19H30N3O2+. The Balaban J connectivity index is 1.86. The standard InChI is InChI=1S/C19H29N3O2/c1-4-22(5-2)19(24)14-21(3)13-18(23)20-17-12-8-10-15-9-6-7-11-16(15)17/h6-7,9,11,17H,4-5,8,10,12-14H2,1-3H3,(H,20,23)/p+1/t17-/m1/s1. The minimum absolute atomic E-state index is 0.0153. The molecule has 5 heteroatoms. The van der Waals surface area contributed by atoms with Crippen LogP contribution in [0, 0.1) is 0 Å². The number of carbonyl (C=O) groups excluding carboxylic acids is 2. The molecule has 132 valence electrons. The van der Waals surface area contributed by atoms with Crippen molar-refractivity contribution in [3.8, 4) is 0 Å². The fourth-order valence-corrected chi connectivity index (χ4v) is 3.43. The number of benzene rings is 1. The molecule has 0 aliphatic heterocycles. The van der Waals surface area contributed by atoms with Gasteiger partial charge >= 0.3 is 0 Å². The van der Waals surface area contributed by atoms with E-state index >= 15 is 0 Å². The van der Waals surface area contributed by atoms with E-state index in [0.717, 1.165) is 24.2 Å². The topological polar surface area (TPSA) is 53.9 Å². The lowest BCUT2D eigenvalue weighted by Gasteiger charge is -2.27. The number of amides is 2. The first kappa shape index (κ1) is 18.5. The molecule has 0 fully saturated rings. The van der Waals surface area contributed by atoms with Gasteiger partial charge in [0, 0.05) is 13.1 Å². The number of nitrogens with one attached hydrogen (secondary N) is 2. The van der Waals surface area contributed by atoms with Crippen molar-refractivity contribution in [2.75, 3.05) is 33.2 Å². The summed E-state index contributed by atoms with van der Waals surface area (Å²) < 4.78 is 0. The molecule has 1 aliphatic rings. The minimum atomic E-state index is 0.0153. The predicted octanol–water partition coefficient (Wildman–Crippen LogP) is 0.563. The number of carbonyl (C=O) groups is 2. The summed E-state index contributed by atoms with van der Waals surface area (Å²) in [6, 6.07) is 8.45. The first-order chi connectivity index (χ1) is 11.5. The number of fused-ring (bicyclic) bond motifs is 1. The number of likely N-dealkylation sites (N-methyl/N-ethyl adjacent to an activating group) is 2. The Bertz CT molecular complexity index is 569. The molecule has 0 bridgehead atoms. The summed E-state index contributed by atoms with van der Waals surface area (Å²) >= 11 is 0. The van der Waals surface area contributed by atoms with Crippen LogP contribution in [0.1, 0.15) is 43.9 Å². The third-order valence-electron chi connectivity index (χ3n) is 4.74. The Hall–Kier alpha value is -1.88. The van der Waals surface area contributed by atoms with Crippen molar-refractivity contribution in [3.05, 3.63) is 35.4 Å². The third-order valence-corrected chi connectivity index (χ3v) is 4.74. The molecule has 1 aliphatic carbocycles. The second-order valence-electron chi connectivity index (χ2n) is 6.59. The normalized spacial score (nSPS) is 17.7. The summed E-state index contributed by atoms with van der Waals surface area (Å²) in [6.07, 6.45) is 3.18. The van der Waals surface area contributed by atoms with Gasteiger partial charge < -0.3 is 15.1 Å². The molecule has 0 radical (unpaired) electrons. The lowest BCUT2D eigenvalue weighted by Crippen LogP contribution is -3.11. The number of hydrogen-bond donors (Lipinski definition) is 2. The molecule has 0 saturated heterocycles. The lowest BCUT2D eigenvalue weighted by molar-refractivity contribution is -0.863. The Morgan fingerprint density at radius 2 is 1.92 bits per heavy atom. The molecule has 0 aromatic heterocycles. The van der Waals surface area contributed by atoms with Crippen molar-refractivity contribution in [2.45, 2.75) is 39.2 Å². The van der Waals surface area contributed by atoms with Gasteiger partial charge in [-0.15, -0.1) is 0 Å². The SMILES string of the molecule is CCN(CC)C(=O)C[NH+](C)CC(=O)N[C@@H]1CCCc2ccccc21. The van der Waals surface area contributed by atoms with E-state index in [1.807, 2.05) is 27.0 Å². The Morgan fingerprint density at radius 1 is 1.21 bits per heavy atom. The van der Waals surface area contributed by atoms with Crippen molar-refractivity contribution >= 4 is 11.8 Å². The first-order valence-corrected chi connectivity index (χ1v) is 9.01. The van der Waals surface area contributed by atoms with E-state index in [0.29, 0.717) is 26.2 Å². The van der Waals surface area contributed by atoms with Gasteiger partial charge in [0.05, 0.1) is 13.1 Å². The second-order valence-corrected chi connectivity index (χ2v) is 6.59. The number of nitrogens with zero attached hydrogens (tertiary/aromatic N) is 1. The van der Waals surface area contributed by atoms with Crippen molar-refractivity contribution in [2.24, 2.45) is 0 Å². The number of hydrogen-bond acceptors (Lipinski definition) is 2. The minimum Gasteiger partial charge on any atom is -0.344 e. The molecule has 0 heterocycles. The van der Waals surface area contributed by atoms with Gasteiger partial charge in [-0.3, -0.25) is 9.59 Å². The summed E-state index contributed by atoms with van der Waals surface area (Å²) in [5.41, 5.74) is 2.58. The summed E-state index contributed by atoms with van der Waals surface area (Å²) in [4.78, 5) is 27.2. The quantitative estimate of drug-likeness (QED) is 0.767. The van der Waals surface area contributed by atoms with Crippen molar-refractivity contribution < 1.29 is 14.5 Å². The molecule has 0 spiro atoms. The molecule has 2 amide bonds. The largest absolute Gasteiger partial charge is 0.344 e. The molecule has 2 N–H and O–H groups in total. The fourth-order valence-electron chi connectivity index (χ4n) is 3.43. The average molecular weight is 332 g/mol. The van der Waals surface area contributed by atoms with E-state index in [1.54, 1.807) is 4.90 Å². The monoisotopic (exact) mass is 332 g/mol. The van der Waals surface area contributed by atoms with Crippen LogP contribution in [-0.2, 0) is 16.0 Å². The van der Waals surface area contributed by atoms with Crippen LogP contribution in [0.15, 0.2) is 24.3 Å². The molecular weight excluding hydrogens is 302 g/mol. The highest BCUT2D eigenvalue weighted by atomic mass is 16.2. The number of rotatable bonds is 7. The summed E-state index contributed by atoms with van der Waals surface area (Å²) in [5, 5.41) is 3.15. The van der Waals surface area contributed by atoms with Crippen molar-refractivity contribution in [3.63, 3.8) is 0 Å². The van der Waals surface area contributed by atoms with Crippen LogP contribution in [0.25, 0.3) is 0 Å². The maximum absolute atomic E-state index is 12.4. The van der Waals surface area contributed by atoms with Gasteiger partial charge in [0.25, 0.3) is 11.8 Å². The molecule has 1 unspecified atom stereocenters. The number of aryl methyl sites for hydroxylation is 1. The van der Waals surface area contributed by atoms with Gasteiger partial charge in [-0.05, 0) is 44.2 Å². The highest BCUT2D eigenvalue weighted by Gasteiger charge is 2.23. The van der Waals surface area contributed by atoms with Crippen LogP contribution in [0.4, 0.5) is 0 Å². The summed E-state index contributed by atoms with van der Waals surface area (Å²) in [5.74, 6) is 0.120. The Labute approximate surface area is 145 Å². The summed E-state index contributed by atoms with van der Waals surface area (Å²) in [6.45, 7) is 6.07. The maximum atomic E-state index is 12.4. The third kappa shape index (κ3) is 4.81. The highest BCUT2D eigenvalue weighted by molar-refractivity contribution is 5.79. The van der Waals surface area contributed by atoms with Gasteiger partial charge in [0.2, 0.25) is 0 Å². The second kappa shape index (κ2) is 8.83. The Morgan fingerprint density at radius 3 is 2.62 bits per heavy atom. The average Bonchev–Trinajstić information content (AvgIpc) is 2.56. The molecule has 2 atom stereocenters. The van der Waals surface area contributed by atoms with E-state index in [4.69, 9.17) is 0 Å². The zero-order chi connectivity index (χ0) is 17.5. The van der Waals surface area contributed by atoms with Gasteiger partial charge in [-0.1, -0.05) is 24.3 Å². The molecule has 2 rings (SSSR count). The van der Waals surface area contributed by atoms with Crippen molar-refractivity contribution in [1.82, 2.24) is 10.2 Å². The number of quaternary nitrogens is 1. The van der Waals surface area contributed by atoms with Crippen LogP contribution < -0.4 is 10.2 Å². The van der Waals surface area contributed by atoms with E-state index in [1.165, 1.54) is 11.1 Å². The van der Waals surface area contributed by atoms with Gasteiger partial charge in [-0.2, -0.15) is 0 Å². The smallest absolute Gasteiger partial charge is 0.277 e. The molecule has 5 nitrogen and oxygen atoms in total. The zero-order valence-corrected chi connectivity index (χ0v) is 15.1. The van der Waals surface area contributed by atoms with Crippen LogP contribution in [-0.4, -0.2) is 49.9 Å². The van der Waals surface area contributed by atoms with Crippen LogP contribution in [0.2, 0.25) is 0 Å². The van der Waals surface area contributed by atoms with Gasteiger partial charge in [0.1, 0.15) is 0 Å². The molecule has 1 aromatic rings. The first-order valence-electron chi connectivity index (χ1n) is 9.01. The molecule has 1 aromatic carbocycles. The van der Waals surface area contributed by atoms with Gasteiger partial charge in [-0.25, -0.2) is 0 Å². The van der Waals surface area contributed by atoms with Crippen LogP contribution in [0.5, 0.6) is 0 Å². The fraction of sp³-hybridized carbons (Fsp3) is 0.579. The lowest BCUT2D eigenvalue weighted by atomic mass is 9.88. The van der Waals surface area contributed by atoms with E-state index in [9.17, 15) is 9.59 Å². The van der Waals surface area contributed by atoms with Crippen LogP contribution >= 0.6 is 0 Å². The van der Waals surface area contributed by atoms with E-state index in [-0.39, 0.29) is 17.9 Å². The van der Waals surface area contributed by atoms with Crippen LogP contribution in [0.3, 0.4) is 0 Å². The highest BCUT2D eigenvalue weighted by Crippen LogP contribution is 2.29. The van der Waals surface area contributed by atoms with Crippen molar-refractivity contribution in [1.29, 1.82) is 0 Å². The van der Waals surface area contributed by atoms with E-state index < -0.39 is 0 Å². The predicted molar refractivity (Wildman–Crippen MR) is 94.8 cm³/mol.